The Morgan fingerprint density at radius 3 is 1.14 bits per heavy atom. The molecule has 0 aliphatic rings. The van der Waals surface area contributed by atoms with E-state index in [-0.39, 0.29) is 18.5 Å². The number of aliphatic hydroxyl groups excluding tert-OH is 2. The smallest absolute Gasteiger partial charge is 0.305 e. The highest BCUT2D eigenvalue weighted by atomic mass is 16.5. The van der Waals surface area contributed by atoms with Gasteiger partial charge in [-0.2, -0.15) is 0 Å². The Bertz CT molecular complexity index is 970. The van der Waals surface area contributed by atoms with E-state index in [0.717, 1.165) is 51.4 Å². The van der Waals surface area contributed by atoms with Crippen LogP contribution in [0.5, 0.6) is 0 Å². The van der Waals surface area contributed by atoms with Gasteiger partial charge in [0.05, 0.1) is 25.4 Å². The molecule has 0 aromatic heterocycles. The van der Waals surface area contributed by atoms with Crippen LogP contribution in [0.2, 0.25) is 0 Å². The summed E-state index contributed by atoms with van der Waals surface area (Å²) in [6.45, 7) is 4.91. The number of carbonyl (C=O) groups is 2. The average Bonchev–Trinajstić information content (AvgIpc) is 3.31. The minimum absolute atomic E-state index is 0.0154. The normalized spacial score (nSPS) is 12.6. The highest BCUT2D eigenvalue weighted by Crippen LogP contribution is 2.18. The molecule has 2 unspecified atom stereocenters. The molecular weight excluding hydrogens is 803 g/mol. The summed E-state index contributed by atoms with van der Waals surface area (Å²) in [5.74, 6) is -0.0599. The van der Waals surface area contributed by atoms with Gasteiger partial charge in [0.25, 0.3) is 0 Å². The molecular formula is C59H115NO5. The first-order valence-electron chi connectivity index (χ1n) is 29.4. The van der Waals surface area contributed by atoms with E-state index < -0.39 is 12.1 Å². The minimum atomic E-state index is -0.673. The molecule has 0 aliphatic heterocycles. The Morgan fingerprint density at radius 2 is 0.738 bits per heavy atom. The zero-order chi connectivity index (χ0) is 47.2. The summed E-state index contributed by atoms with van der Waals surface area (Å²) < 4.78 is 5.45. The Labute approximate surface area is 406 Å². The molecule has 0 bridgehead atoms. The zero-order valence-corrected chi connectivity index (χ0v) is 44.0. The first-order chi connectivity index (χ1) is 32.0. The van der Waals surface area contributed by atoms with Crippen LogP contribution in [-0.2, 0) is 14.3 Å². The molecule has 65 heavy (non-hydrogen) atoms. The van der Waals surface area contributed by atoms with Crippen LogP contribution >= 0.6 is 0 Å². The number of nitrogens with one attached hydrogen (secondary N) is 1. The number of hydrogen-bond donors (Lipinski definition) is 3. The first-order valence-corrected chi connectivity index (χ1v) is 29.4. The number of hydrogen-bond acceptors (Lipinski definition) is 5. The molecule has 0 saturated carbocycles. The molecule has 0 spiro atoms. The van der Waals surface area contributed by atoms with Crippen molar-refractivity contribution < 1.29 is 24.5 Å². The van der Waals surface area contributed by atoms with Gasteiger partial charge in [-0.3, -0.25) is 9.59 Å². The number of aliphatic hydroxyl groups is 2. The third-order valence-electron chi connectivity index (χ3n) is 13.8. The van der Waals surface area contributed by atoms with Crippen LogP contribution in [-0.4, -0.2) is 47.4 Å². The lowest BCUT2D eigenvalue weighted by Gasteiger charge is -2.22. The van der Waals surface area contributed by atoms with Crippen molar-refractivity contribution in [3.8, 4) is 0 Å². The number of ether oxygens (including phenoxy) is 1. The van der Waals surface area contributed by atoms with Crippen LogP contribution in [0.4, 0.5) is 0 Å². The van der Waals surface area contributed by atoms with Crippen molar-refractivity contribution in [2.45, 2.75) is 341 Å². The van der Waals surface area contributed by atoms with Crippen LogP contribution in [0.3, 0.4) is 0 Å². The predicted octanol–water partition coefficient (Wildman–Crippen LogP) is 18.1. The Morgan fingerprint density at radius 1 is 0.415 bits per heavy atom. The summed E-state index contributed by atoms with van der Waals surface area (Å²) >= 11 is 0. The Hall–Kier alpha value is -1.40. The molecule has 0 saturated heterocycles. The van der Waals surface area contributed by atoms with E-state index in [0.29, 0.717) is 25.9 Å². The van der Waals surface area contributed by atoms with Gasteiger partial charge in [-0.1, -0.05) is 283 Å². The van der Waals surface area contributed by atoms with Crippen molar-refractivity contribution >= 4 is 11.9 Å². The Balaban J connectivity index is 3.44. The van der Waals surface area contributed by atoms with Gasteiger partial charge in [0.2, 0.25) is 5.91 Å². The maximum absolute atomic E-state index is 12.5. The van der Waals surface area contributed by atoms with Gasteiger partial charge in [0, 0.05) is 12.8 Å². The fourth-order valence-corrected chi connectivity index (χ4v) is 9.27. The van der Waals surface area contributed by atoms with Crippen LogP contribution < -0.4 is 5.32 Å². The van der Waals surface area contributed by atoms with E-state index in [2.05, 4.69) is 31.3 Å². The molecule has 0 rings (SSSR count). The number of esters is 1. The van der Waals surface area contributed by atoms with Crippen molar-refractivity contribution in [2.24, 2.45) is 0 Å². The monoisotopic (exact) mass is 918 g/mol. The molecule has 0 heterocycles. The molecule has 3 N–H and O–H groups in total. The third-order valence-corrected chi connectivity index (χ3v) is 13.8. The lowest BCUT2D eigenvalue weighted by Crippen LogP contribution is -2.45. The summed E-state index contributed by atoms with van der Waals surface area (Å²) in [4.78, 5) is 24.5. The molecule has 1 amide bonds. The van der Waals surface area contributed by atoms with Gasteiger partial charge >= 0.3 is 5.97 Å². The van der Waals surface area contributed by atoms with E-state index in [4.69, 9.17) is 4.74 Å². The number of amides is 1. The maximum atomic E-state index is 12.5. The fraction of sp³-hybridized carbons (Fsp3) is 0.932. The van der Waals surface area contributed by atoms with E-state index >= 15 is 0 Å². The lowest BCUT2D eigenvalue weighted by molar-refractivity contribution is -0.143. The van der Waals surface area contributed by atoms with Gasteiger partial charge in [-0.05, 0) is 44.9 Å². The van der Waals surface area contributed by atoms with Crippen molar-refractivity contribution in [3.63, 3.8) is 0 Å². The summed E-state index contributed by atoms with van der Waals surface area (Å²) in [6, 6.07) is -0.552. The van der Waals surface area contributed by atoms with E-state index in [1.807, 2.05) is 0 Å². The summed E-state index contributed by atoms with van der Waals surface area (Å²) in [5.41, 5.74) is 0. The summed E-state index contributed by atoms with van der Waals surface area (Å²) in [6.07, 6.45) is 64.9. The number of carbonyl (C=O) groups excluding carboxylic acids is 2. The number of unbranched alkanes of at least 4 members (excludes halogenated alkanes) is 42. The van der Waals surface area contributed by atoms with Crippen LogP contribution in [0.15, 0.2) is 12.2 Å². The molecule has 0 fully saturated rings. The largest absolute Gasteiger partial charge is 0.466 e. The minimum Gasteiger partial charge on any atom is -0.466 e. The van der Waals surface area contributed by atoms with Crippen molar-refractivity contribution in [1.29, 1.82) is 0 Å². The molecule has 2 atom stereocenters. The second kappa shape index (κ2) is 55.2. The average molecular weight is 919 g/mol. The van der Waals surface area contributed by atoms with Gasteiger partial charge < -0.3 is 20.3 Å². The lowest BCUT2D eigenvalue weighted by atomic mass is 10.0. The topological polar surface area (TPSA) is 95.9 Å². The molecule has 0 aliphatic carbocycles. The van der Waals surface area contributed by atoms with Crippen molar-refractivity contribution in [1.82, 2.24) is 5.32 Å². The highest BCUT2D eigenvalue weighted by molar-refractivity contribution is 5.76. The van der Waals surface area contributed by atoms with Crippen molar-refractivity contribution in [2.75, 3.05) is 13.2 Å². The second-order valence-electron chi connectivity index (χ2n) is 20.3. The molecule has 386 valence electrons. The maximum Gasteiger partial charge on any atom is 0.305 e. The molecule has 6 nitrogen and oxygen atoms in total. The van der Waals surface area contributed by atoms with Gasteiger partial charge in [-0.25, -0.2) is 0 Å². The van der Waals surface area contributed by atoms with Crippen LogP contribution in [0.25, 0.3) is 0 Å². The SMILES string of the molecule is CCCC/C=C\CCCCCCCC(=O)OCCCCCCCCCCCCCCCC(=O)NC(CO)C(O)CCCCCCCCCCCCCCCCCCCCCCCCCC. The molecule has 0 aromatic rings. The van der Waals surface area contributed by atoms with E-state index in [9.17, 15) is 19.8 Å². The Kier molecular flexibility index (Phi) is 54.0. The predicted molar refractivity (Wildman–Crippen MR) is 283 cm³/mol. The summed E-state index contributed by atoms with van der Waals surface area (Å²) in [7, 11) is 0. The highest BCUT2D eigenvalue weighted by Gasteiger charge is 2.20. The second-order valence-corrected chi connectivity index (χ2v) is 20.3. The molecule has 6 heteroatoms. The quantitative estimate of drug-likeness (QED) is 0.0321. The van der Waals surface area contributed by atoms with Crippen molar-refractivity contribution in [3.05, 3.63) is 12.2 Å². The van der Waals surface area contributed by atoms with Gasteiger partial charge in [0.1, 0.15) is 0 Å². The molecule has 0 aromatic carbocycles. The van der Waals surface area contributed by atoms with Gasteiger partial charge in [-0.15, -0.1) is 0 Å². The third kappa shape index (κ3) is 51.8. The van der Waals surface area contributed by atoms with E-state index in [1.54, 1.807) is 0 Å². The van der Waals surface area contributed by atoms with Crippen LogP contribution in [0.1, 0.15) is 328 Å². The van der Waals surface area contributed by atoms with Crippen LogP contribution in [0, 0.1) is 0 Å². The first kappa shape index (κ1) is 63.6. The fourth-order valence-electron chi connectivity index (χ4n) is 9.27. The van der Waals surface area contributed by atoms with Gasteiger partial charge in [0.15, 0.2) is 0 Å². The zero-order valence-electron chi connectivity index (χ0n) is 44.0. The summed E-state index contributed by atoms with van der Waals surface area (Å²) in [5, 5.41) is 23.4. The number of allylic oxidation sites excluding steroid dienone is 2. The standard InChI is InChI=1S/C59H115NO5/c1-3-5-7-9-11-13-15-16-17-18-19-20-21-22-23-24-25-26-28-32-35-39-43-47-51-57(62)56(55-61)60-58(63)52-48-44-40-36-33-29-27-30-34-38-42-46-50-54-65-59(64)53-49-45-41-37-31-14-12-10-8-6-4-2/h10,12,56-57,61-62H,3-9,11,13-55H2,1-2H3,(H,60,63)/b12-10-. The van der Waals surface area contributed by atoms with E-state index in [1.165, 1.54) is 244 Å². The number of rotatable bonds is 55. The molecule has 0 radical (unpaired) electrons.